The number of likely N-dealkylation sites (tertiary alicyclic amines) is 1. The molecular formula is C30H37N5O6S. The van der Waals surface area contributed by atoms with Crippen LogP contribution in [0.2, 0.25) is 0 Å². The van der Waals surface area contributed by atoms with Gasteiger partial charge in [0, 0.05) is 6.54 Å². The molecule has 224 valence electrons. The summed E-state index contributed by atoms with van der Waals surface area (Å²) in [6, 6.07) is 8.60. The van der Waals surface area contributed by atoms with Crippen molar-refractivity contribution in [2.45, 2.75) is 71.7 Å². The molecule has 1 fully saturated rings. The zero-order valence-corrected chi connectivity index (χ0v) is 25.1. The fraction of sp³-hybridized carbons (Fsp3) is 0.467. The maximum absolute atomic E-state index is 13.6. The van der Waals surface area contributed by atoms with E-state index < -0.39 is 35.9 Å². The van der Waals surface area contributed by atoms with Gasteiger partial charge in [-0.25, -0.2) is 4.79 Å². The van der Waals surface area contributed by atoms with E-state index in [-0.39, 0.29) is 30.2 Å². The summed E-state index contributed by atoms with van der Waals surface area (Å²) < 4.78 is 10.6. The largest absolute Gasteiger partial charge is 0.445 e. The molecule has 3 heterocycles. The van der Waals surface area contributed by atoms with Crippen LogP contribution >= 0.6 is 11.3 Å². The maximum Gasteiger partial charge on any atom is 0.408 e. The Morgan fingerprint density at radius 3 is 2.43 bits per heavy atom. The molecule has 11 nitrogen and oxygen atoms in total. The first-order chi connectivity index (χ1) is 20.1. The number of thiophene rings is 1. The summed E-state index contributed by atoms with van der Waals surface area (Å²) >= 11 is 1.55. The van der Waals surface area contributed by atoms with Crippen molar-refractivity contribution < 1.29 is 28.4 Å². The number of benzene rings is 1. The van der Waals surface area contributed by atoms with Crippen LogP contribution in [0, 0.1) is 11.8 Å². The SMILES string of the molecule is CC(C)[C@H](NC(=O)OCc1ccccc1)C(=O)N1CCCC1C(=O)N[C@@H](C(=O)c1noc(Cc2ccsc2)n1)C(C)C. The van der Waals surface area contributed by atoms with Crippen molar-refractivity contribution in [2.24, 2.45) is 11.8 Å². The Bertz CT molecular complexity index is 1360. The minimum Gasteiger partial charge on any atom is -0.445 e. The molecule has 3 aromatic rings. The highest BCUT2D eigenvalue weighted by Gasteiger charge is 2.40. The van der Waals surface area contributed by atoms with Crippen LogP contribution in [-0.2, 0) is 27.4 Å². The number of amides is 3. The van der Waals surface area contributed by atoms with Gasteiger partial charge in [0.15, 0.2) is 0 Å². The standard InChI is InChI=1S/C30H37N5O6S/c1-18(2)24(26(36)27-31-23(41-34-27)15-21-12-14-42-17-21)32-28(37)22-11-8-13-35(22)29(38)25(19(3)4)33-30(39)40-16-20-9-6-5-7-10-20/h5-7,9-10,12,14,17-19,22,24-25H,8,11,13,15-16H2,1-4H3,(H,32,37)(H,33,39)/t22?,24-,25+/m1/s1. The number of hydrogen-bond donors (Lipinski definition) is 2. The van der Waals surface area contributed by atoms with E-state index in [0.29, 0.717) is 31.7 Å². The van der Waals surface area contributed by atoms with Gasteiger partial charge in [0.25, 0.3) is 0 Å². The van der Waals surface area contributed by atoms with Gasteiger partial charge in [-0.1, -0.05) is 63.2 Å². The third-order valence-corrected chi connectivity index (χ3v) is 7.86. The lowest BCUT2D eigenvalue weighted by molar-refractivity contribution is -0.141. The second kappa shape index (κ2) is 14.2. The van der Waals surface area contributed by atoms with Crippen LogP contribution in [0.15, 0.2) is 51.7 Å². The Hall–Kier alpha value is -4.06. The van der Waals surface area contributed by atoms with Crippen molar-refractivity contribution in [3.05, 3.63) is 70.0 Å². The number of nitrogens with one attached hydrogen (secondary N) is 2. The van der Waals surface area contributed by atoms with Gasteiger partial charge in [0.1, 0.15) is 18.7 Å². The first-order valence-electron chi connectivity index (χ1n) is 14.1. The van der Waals surface area contributed by atoms with Crippen molar-refractivity contribution in [2.75, 3.05) is 6.54 Å². The third-order valence-electron chi connectivity index (χ3n) is 7.13. The molecule has 0 saturated carbocycles. The number of ether oxygens (including phenoxy) is 1. The number of nitrogens with zero attached hydrogens (tertiary/aromatic N) is 3. The molecule has 1 aromatic carbocycles. The lowest BCUT2D eigenvalue weighted by Crippen LogP contribution is -2.57. The Balaban J connectivity index is 1.39. The third kappa shape index (κ3) is 7.81. The number of aromatic nitrogens is 2. The molecule has 2 N–H and O–H groups in total. The van der Waals surface area contributed by atoms with Crippen LogP contribution < -0.4 is 10.6 Å². The molecule has 0 radical (unpaired) electrons. The molecule has 3 amide bonds. The smallest absolute Gasteiger partial charge is 0.408 e. The van der Waals surface area contributed by atoms with Gasteiger partial charge in [0.2, 0.25) is 29.3 Å². The summed E-state index contributed by atoms with van der Waals surface area (Å²) in [4.78, 5) is 58.7. The molecule has 1 saturated heterocycles. The molecule has 0 aliphatic carbocycles. The molecule has 0 bridgehead atoms. The molecule has 1 aliphatic heterocycles. The monoisotopic (exact) mass is 595 g/mol. The summed E-state index contributed by atoms with van der Waals surface area (Å²) in [7, 11) is 0. The second-order valence-corrected chi connectivity index (χ2v) is 11.8. The normalized spacial score (nSPS) is 16.3. The quantitative estimate of drug-likeness (QED) is 0.299. The van der Waals surface area contributed by atoms with Gasteiger partial charge in [-0.3, -0.25) is 14.4 Å². The van der Waals surface area contributed by atoms with Crippen LogP contribution in [0.4, 0.5) is 4.79 Å². The molecule has 4 rings (SSSR count). The highest BCUT2D eigenvalue weighted by Crippen LogP contribution is 2.22. The van der Waals surface area contributed by atoms with E-state index in [2.05, 4.69) is 20.8 Å². The fourth-order valence-electron chi connectivity index (χ4n) is 4.81. The molecule has 3 atom stereocenters. The lowest BCUT2D eigenvalue weighted by Gasteiger charge is -2.31. The van der Waals surface area contributed by atoms with Crippen molar-refractivity contribution in [1.82, 2.24) is 25.7 Å². The summed E-state index contributed by atoms with van der Waals surface area (Å²) in [5, 5.41) is 13.3. The van der Waals surface area contributed by atoms with Crippen molar-refractivity contribution >= 4 is 35.0 Å². The van der Waals surface area contributed by atoms with Gasteiger partial charge < -0.3 is 24.8 Å². The number of Topliss-reactive ketones (excluding diaryl/α,β-unsaturated/α-hetero) is 1. The fourth-order valence-corrected chi connectivity index (χ4v) is 5.47. The lowest BCUT2D eigenvalue weighted by atomic mass is 9.98. The van der Waals surface area contributed by atoms with Gasteiger partial charge in [-0.2, -0.15) is 16.3 Å². The van der Waals surface area contributed by atoms with E-state index in [0.717, 1.165) is 11.1 Å². The van der Waals surface area contributed by atoms with Gasteiger partial charge in [-0.05, 0) is 52.6 Å². The van der Waals surface area contributed by atoms with Crippen LogP contribution in [0.3, 0.4) is 0 Å². The van der Waals surface area contributed by atoms with Crippen molar-refractivity contribution in [1.29, 1.82) is 0 Å². The summed E-state index contributed by atoms with van der Waals surface area (Å²) in [5.74, 6) is -1.58. The van der Waals surface area contributed by atoms with E-state index in [1.54, 1.807) is 11.3 Å². The van der Waals surface area contributed by atoms with E-state index in [1.165, 1.54) is 4.90 Å². The first kappa shape index (κ1) is 30.9. The number of hydrogen-bond acceptors (Lipinski definition) is 9. The minimum absolute atomic E-state index is 0.0703. The predicted molar refractivity (Wildman–Crippen MR) is 156 cm³/mol. The van der Waals surface area contributed by atoms with Crippen LogP contribution in [-0.4, -0.2) is 63.4 Å². The van der Waals surface area contributed by atoms with Crippen molar-refractivity contribution in [3.8, 4) is 0 Å². The minimum atomic E-state index is -0.909. The highest BCUT2D eigenvalue weighted by atomic mass is 32.1. The van der Waals surface area contributed by atoms with Crippen LogP contribution in [0.5, 0.6) is 0 Å². The molecule has 2 aromatic heterocycles. The zero-order chi connectivity index (χ0) is 30.2. The molecule has 42 heavy (non-hydrogen) atoms. The number of carbonyl (C=O) groups excluding carboxylic acids is 4. The number of alkyl carbamates (subject to hydrolysis) is 1. The van der Waals surface area contributed by atoms with Crippen molar-refractivity contribution in [3.63, 3.8) is 0 Å². The average Bonchev–Trinajstić information content (AvgIpc) is 3.76. The Labute approximate surface area is 249 Å². The van der Waals surface area contributed by atoms with Gasteiger partial charge in [0.05, 0.1) is 12.5 Å². The van der Waals surface area contributed by atoms with Crippen LogP contribution in [0.25, 0.3) is 0 Å². The zero-order valence-electron chi connectivity index (χ0n) is 24.2. The highest BCUT2D eigenvalue weighted by molar-refractivity contribution is 7.07. The van der Waals surface area contributed by atoms with E-state index in [1.807, 2.05) is 74.9 Å². The van der Waals surface area contributed by atoms with E-state index in [9.17, 15) is 19.2 Å². The summed E-state index contributed by atoms with van der Waals surface area (Å²) in [6.07, 6.45) is 0.749. The molecule has 0 spiro atoms. The molecule has 1 unspecified atom stereocenters. The number of ketones is 1. The van der Waals surface area contributed by atoms with Gasteiger partial charge in [-0.15, -0.1) is 0 Å². The Morgan fingerprint density at radius 2 is 1.76 bits per heavy atom. The topological polar surface area (TPSA) is 144 Å². The number of carbonyl (C=O) groups is 4. The van der Waals surface area contributed by atoms with E-state index in [4.69, 9.17) is 9.26 Å². The first-order valence-corrected chi connectivity index (χ1v) is 15.0. The van der Waals surface area contributed by atoms with Gasteiger partial charge >= 0.3 is 6.09 Å². The molecule has 1 aliphatic rings. The Kier molecular flexibility index (Phi) is 10.5. The average molecular weight is 596 g/mol. The summed E-state index contributed by atoms with van der Waals surface area (Å²) in [5.41, 5.74) is 1.83. The summed E-state index contributed by atoms with van der Waals surface area (Å²) in [6.45, 7) is 7.68. The maximum atomic E-state index is 13.6. The molecular weight excluding hydrogens is 558 g/mol. The van der Waals surface area contributed by atoms with E-state index >= 15 is 0 Å². The Morgan fingerprint density at radius 1 is 1.02 bits per heavy atom. The second-order valence-electron chi connectivity index (χ2n) is 11.0. The van der Waals surface area contributed by atoms with Crippen LogP contribution in [0.1, 0.15) is 68.2 Å². The predicted octanol–water partition coefficient (Wildman–Crippen LogP) is 3.99. The molecule has 12 heteroatoms. The number of rotatable bonds is 12.